The van der Waals surface area contributed by atoms with Crippen LogP contribution in [-0.2, 0) is 11.2 Å². The summed E-state index contributed by atoms with van der Waals surface area (Å²) in [6.45, 7) is 2.06. The Bertz CT molecular complexity index is 612. The summed E-state index contributed by atoms with van der Waals surface area (Å²) in [5.41, 5.74) is 4.40. The molecule has 0 aliphatic rings. The van der Waals surface area contributed by atoms with Crippen LogP contribution in [0, 0.1) is 18.8 Å². The smallest absolute Gasteiger partial charge is 0.120 e. The first kappa shape index (κ1) is 13.1. The fourth-order valence-electron chi connectivity index (χ4n) is 1.81. The predicted octanol–water partition coefficient (Wildman–Crippen LogP) is 3.53. The third kappa shape index (κ3) is 4.12. The van der Waals surface area contributed by atoms with E-state index < -0.39 is 0 Å². The Morgan fingerprint density at radius 3 is 2.47 bits per heavy atom. The highest BCUT2D eigenvalue weighted by molar-refractivity contribution is 5.50. The lowest BCUT2D eigenvalue weighted by Crippen LogP contribution is -1.87. The number of hydrogen-bond donors (Lipinski definition) is 0. The Balaban J connectivity index is 2.15. The highest BCUT2D eigenvalue weighted by Crippen LogP contribution is 2.07. The van der Waals surface area contributed by atoms with Gasteiger partial charge >= 0.3 is 0 Å². The van der Waals surface area contributed by atoms with Gasteiger partial charge in [-0.1, -0.05) is 41.7 Å². The maximum absolute atomic E-state index is 10.4. The number of rotatable bonds is 3. The van der Waals surface area contributed by atoms with Crippen molar-refractivity contribution in [1.82, 2.24) is 0 Å². The summed E-state index contributed by atoms with van der Waals surface area (Å²) in [6.07, 6.45) is 2.29. The molecule has 0 amide bonds. The van der Waals surface area contributed by atoms with E-state index in [-0.39, 0.29) is 0 Å². The third-order valence-corrected chi connectivity index (χ3v) is 2.88. The summed E-state index contributed by atoms with van der Waals surface area (Å²) in [7, 11) is 0. The van der Waals surface area contributed by atoms with Crippen molar-refractivity contribution in [3.05, 3.63) is 70.8 Å². The molecule has 0 spiro atoms. The average molecular weight is 248 g/mol. The Kier molecular flexibility index (Phi) is 4.53. The van der Waals surface area contributed by atoms with Crippen molar-refractivity contribution < 1.29 is 4.79 Å². The fraction of sp³-hybridized carbons (Fsp3) is 0.167. The summed E-state index contributed by atoms with van der Waals surface area (Å²) in [5, 5.41) is 0. The monoisotopic (exact) mass is 248 g/mol. The van der Waals surface area contributed by atoms with Gasteiger partial charge in [0.05, 0.1) is 0 Å². The minimum Gasteiger partial charge on any atom is -0.303 e. The average Bonchev–Trinajstić information content (AvgIpc) is 2.45. The highest BCUT2D eigenvalue weighted by atomic mass is 16.1. The van der Waals surface area contributed by atoms with Crippen molar-refractivity contribution in [3.63, 3.8) is 0 Å². The molecule has 0 atom stereocenters. The Labute approximate surface area is 114 Å². The van der Waals surface area contributed by atoms with E-state index in [1.807, 2.05) is 36.4 Å². The molecule has 0 N–H and O–H groups in total. The quantitative estimate of drug-likeness (QED) is 0.600. The van der Waals surface area contributed by atoms with Gasteiger partial charge in [-0.2, -0.15) is 0 Å². The van der Waals surface area contributed by atoms with Gasteiger partial charge in [0, 0.05) is 17.5 Å². The Hall–Kier alpha value is -2.33. The molecule has 0 bridgehead atoms. The minimum atomic E-state index is 0.564. The van der Waals surface area contributed by atoms with Crippen LogP contribution in [0.15, 0.2) is 48.5 Å². The van der Waals surface area contributed by atoms with Gasteiger partial charge in [0.25, 0.3) is 0 Å². The topological polar surface area (TPSA) is 17.1 Å². The highest BCUT2D eigenvalue weighted by Gasteiger charge is 1.94. The van der Waals surface area contributed by atoms with Crippen molar-refractivity contribution in [2.45, 2.75) is 19.8 Å². The van der Waals surface area contributed by atoms with Crippen molar-refractivity contribution in [1.29, 1.82) is 0 Å². The lowest BCUT2D eigenvalue weighted by atomic mass is 10.1. The normalized spacial score (nSPS) is 9.53. The van der Waals surface area contributed by atoms with E-state index in [0.29, 0.717) is 6.42 Å². The van der Waals surface area contributed by atoms with Crippen molar-refractivity contribution >= 4 is 6.29 Å². The second-order valence-electron chi connectivity index (χ2n) is 4.52. The van der Waals surface area contributed by atoms with E-state index in [4.69, 9.17) is 0 Å². The maximum Gasteiger partial charge on any atom is 0.120 e. The van der Waals surface area contributed by atoms with E-state index >= 15 is 0 Å². The molecule has 0 aromatic heterocycles. The molecule has 19 heavy (non-hydrogen) atoms. The minimum absolute atomic E-state index is 0.564. The van der Waals surface area contributed by atoms with E-state index in [2.05, 4.69) is 30.9 Å². The van der Waals surface area contributed by atoms with Gasteiger partial charge in [0.2, 0.25) is 0 Å². The number of aryl methyl sites for hydroxylation is 2. The third-order valence-electron chi connectivity index (χ3n) is 2.88. The molecule has 0 fully saturated rings. The fourth-order valence-corrected chi connectivity index (χ4v) is 1.81. The van der Waals surface area contributed by atoms with Crippen LogP contribution in [0.1, 0.15) is 28.7 Å². The number of benzene rings is 2. The van der Waals surface area contributed by atoms with E-state index in [0.717, 1.165) is 29.4 Å². The van der Waals surface area contributed by atoms with Crippen LogP contribution in [-0.4, -0.2) is 6.29 Å². The summed E-state index contributed by atoms with van der Waals surface area (Å²) < 4.78 is 0. The zero-order valence-electron chi connectivity index (χ0n) is 11.0. The zero-order valence-corrected chi connectivity index (χ0v) is 11.0. The largest absolute Gasteiger partial charge is 0.303 e. The van der Waals surface area contributed by atoms with Crippen LogP contribution >= 0.6 is 0 Å². The Morgan fingerprint density at radius 2 is 1.74 bits per heavy atom. The van der Waals surface area contributed by atoms with Crippen molar-refractivity contribution in [2.75, 3.05) is 0 Å². The molecule has 1 heteroatoms. The Morgan fingerprint density at radius 1 is 1.00 bits per heavy atom. The second-order valence-corrected chi connectivity index (χ2v) is 4.52. The van der Waals surface area contributed by atoms with Crippen LogP contribution in [0.25, 0.3) is 0 Å². The first-order chi connectivity index (χ1) is 9.28. The molecule has 0 radical (unpaired) electrons. The molecule has 0 saturated heterocycles. The lowest BCUT2D eigenvalue weighted by Gasteiger charge is -1.98. The first-order valence-electron chi connectivity index (χ1n) is 6.39. The maximum atomic E-state index is 10.4. The molecular weight excluding hydrogens is 232 g/mol. The van der Waals surface area contributed by atoms with E-state index in [1.165, 1.54) is 5.56 Å². The molecule has 0 heterocycles. The molecule has 2 rings (SSSR count). The summed E-state index contributed by atoms with van der Waals surface area (Å²) in [6, 6.07) is 16.2. The first-order valence-corrected chi connectivity index (χ1v) is 6.39. The van der Waals surface area contributed by atoms with Crippen LogP contribution in [0.4, 0.5) is 0 Å². The summed E-state index contributed by atoms with van der Waals surface area (Å²) in [5.74, 6) is 6.31. The lowest BCUT2D eigenvalue weighted by molar-refractivity contribution is -0.107. The number of carbonyl (C=O) groups is 1. The van der Waals surface area contributed by atoms with Gasteiger partial charge in [-0.25, -0.2) is 0 Å². The van der Waals surface area contributed by atoms with Crippen LogP contribution < -0.4 is 0 Å². The van der Waals surface area contributed by atoms with Gasteiger partial charge in [0.1, 0.15) is 6.29 Å². The number of carbonyl (C=O) groups excluding carboxylic acids is 1. The molecule has 0 saturated carbocycles. The molecular formula is C18H16O. The second kappa shape index (κ2) is 6.56. The van der Waals surface area contributed by atoms with Crippen LogP contribution in [0.5, 0.6) is 0 Å². The summed E-state index contributed by atoms with van der Waals surface area (Å²) >= 11 is 0. The molecule has 2 aromatic rings. The molecule has 2 aromatic carbocycles. The van der Waals surface area contributed by atoms with Gasteiger partial charge < -0.3 is 4.79 Å². The number of hydrogen-bond acceptors (Lipinski definition) is 1. The molecule has 0 aliphatic heterocycles. The standard InChI is InChI=1S/C18H16O/c1-15-7-9-16(10-8-15)11-12-18-5-2-4-17(14-18)6-3-13-19/h2,4-5,7-10,13-14H,3,6H2,1H3. The van der Waals surface area contributed by atoms with E-state index in [1.54, 1.807) is 0 Å². The molecule has 94 valence electrons. The van der Waals surface area contributed by atoms with Gasteiger partial charge in [-0.15, -0.1) is 0 Å². The SMILES string of the molecule is Cc1ccc(C#Cc2cccc(CCC=O)c2)cc1. The van der Waals surface area contributed by atoms with Crippen LogP contribution in [0.3, 0.4) is 0 Å². The summed E-state index contributed by atoms with van der Waals surface area (Å²) in [4.78, 5) is 10.4. The number of aldehydes is 1. The predicted molar refractivity (Wildman–Crippen MR) is 78.0 cm³/mol. The van der Waals surface area contributed by atoms with E-state index in [9.17, 15) is 4.79 Å². The van der Waals surface area contributed by atoms with Crippen molar-refractivity contribution in [2.24, 2.45) is 0 Å². The molecule has 0 aliphatic carbocycles. The molecule has 0 unspecified atom stereocenters. The van der Waals surface area contributed by atoms with Gasteiger partial charge in [-0.3, -0.25) is 0 Å². The zero-order chi connectivity index (χ0) is 13.5. The van der Waals surface area contributed by atoms with Gasteiger partial charge in [0.15, 0.2) is 0 Å². The van der Waals surface area contributed by atoms with Crippen molar-refractivity contribution in [3.8, 4) is 11.8 Å². The molecule has 1 nitrogen and oxygen atoms in total. The van der Waals surface area contributed by atoms with Gasteiger partial charge in [-0.05, 0) is 43.2 Å². The van der Waals surface area contributed by atoms with Crippen LogP contribution in [0.2, 0.25) is 0 Å².